The van der Waals surface area contributed by atoms with Crippen molar-refractivity contribution in [2.24, 2.45) is 10.9 Å². The zero-order chi connectivity index (χ0) is 16.7. The molecule has 0 amide bonds. The number of fused-ring (bicyclic) bond motifs is 1. The van der Waals surface area contributed by atoms with Crippen LogP contribution in [-0.4, -0.2) is 19.9 Å². The van der Waals surface area contributed by atoms with E-state index in [2.05, 4.69) is 18.8 Å². The normalized spacial score (nSPS) is 22.8. The van der Waals surface area contributed by atoms with Crippen LogP contribution in [-0.2, 0) is 9.84 Å². The second kappa shape index (κ2) is 8.81. The van der Waals surface area contributed by atoms with Gasteiger partial charge < -0.3 is 0 Å². The highest BCUT2D eigenvalue weighted by atomic mass is 32.2. The highest BCUT2D eigenvalue weighted by Crippen LogP contribution is 2.38. The molecule has 0 fully saturated rings. The Morgan fingerprint density at radius 1 is 1.04 bits per heavy atom. The fourth-order valence-corrected chi connectivity index (χ4v) is 5.40. The van der Waals surface area contributed by atoms with Gasteiger partial charge in [-0.05, 0) is 24.5 Å². The molecule has 0 aromatic heterocycles. The summed E-state index contributed by atoms with van der Waals surface area (Å²) < 4.78 is 25.2. The molecule has 2 rings (SSSR count). The number of allylic oxidation sites excluding steroid dienone is 1. The average molecular weight is 338 g/mol. The number of hydrogen-bond donors (Lipinski definition) is 0. The van der Waals surface area contributed by atoms with Gasteiger partial charge in [0.1, 0.15) is 0 Å². The molecule has 0 aliphatic carbocycles. The van der Waals surface area contributed by atoms with Gasteiger partial charge in [0.25, 0.3) is 0 Å². The van der Waals surface area contributed by atoms with E-state index in [1.54, 1.807) is 12.3 Å². The third-order valence-corrected chi connectivity index (χ3v) is 7.07. The predicted molar refractivity (Wildman–Crippen MR) is 98.4 cm³/mol. The minimum Gasteiger partial charge on any atom is -0.256 e. The Morgan fingerprint density at radius 3 is 2.35 bits per heavy atom. The summed E-state index contributed by atoms with van der Waals surface area (Å²) in [6.45, 7) is 4.44. The Labute approximate surface area is 141 Å². The first-order valence-corrected chi connectivity index (χ1v) is 10.8. The summed E-state index contributed by atoms with van der Waals surface area (Å²) in [5.74, 6) is 0.526. The highest BCUT2D eigenvalue weighted by molar-refractivity contribution is 7.96. The molecule has 0 bridgehead atoms. The Kier molecular flexibility index (Phi) is 7.07. The lowest BCUT2D eigenvalue weighted by Crippen LogP contribution is -2.20. The fourth-order valence-electron chi connectivity index (χ4n) is 3.57. The van der Waals surface area contributed by atoms with Gasteiger partial charge in [0.05, 0.1) is 15.9 Å². The van der Waals surface area contributed by atoms with Crippen LogP contribution in [0.25, 0.3) is 0 Å². The van der Waals surface area contributed by atoms with Gasteiger partial charge in [0.15, 0.2) is 9.84 Å². The Hall–Kier alpha value is -0.900. The van der Waals surface area contributed by atoms with Gasteiger partial charge in [-0.3, -0.25) is 4.99 Å². The Bertz CT molecular complexity index is 572. The van der Waals surface area contributed by atoms with Crippen LogP contribution in [0, 0.1) is 5.92 Å². The zero-order valence-corrected chi connectivity index (χ0v) is 15.4. The van der Waals surface area contributed by atoms with Crippen LogP contribution in [0.3, 0.4) is 0 Å². The first-order valence-electron chi connectivity index (χ1n) is 9.30. The van der Waals surface area contributed by atoms with Gasteiger partial charge in [0, 0.05) is 6.21 Å². The van der Waals surface area contributed by atoms with Crippen LogP contribution in [0.5, 0.6) is 0 Å². The molecule has 23 heavy (non-hydrogen) atoms. The average Bonchev–Trinajstić information content (AvgIpc) is 3.07. The molecule has 2 heterocycles. The summed E-state index contributed by atoms with van der Waals surface area (Å²) in [4.78, 5) is 4.62. The number of aliphatic imine (C=N–C) groups is 1. The quantitative estimate of drug-likeness (QED) is 0.487. The molecule has 0 saturated heterocycles. The maximum Gasteiger partial charge on any atom is 0.187 e. The summed E-state index contributed by atoms with van der Waals surface area (Å²) >= 11 is 0. The molecule has 2 unspecified atom stereocenters. The molecule has 130 valence electrons. The van der Waals surface area contributed by atoms with Crippen LogP contribution in [0.1, 0.15) is 78.1 Å². The van der Waals surface area contributed by atoms with E-state index in [9.17, 15) is 8.42 Å². The van der Waals surface area contributed by atoms with Crippen molar-refractivity contribution in [1.82, 2.24) is 0 Å². The second-order valence-electron chi connectivity index (χ2n) is 6.89. The van der Waals surface area contributed by atoms with E-state index in [1.807, 2.05) is 6.08 Å². The number of nitrogens with zero attached hydrogens (tertiary/aromatic N) is 1. The maximum atomic E-state index is 12.6. The van der Waals surface area contributed by atoms with Crippen molar-refractivity contribution < 1.29 is 8.42 Å². The van der Waals surface area contributed by atoms with Crippen molar-refractivity contribution in [3.8, 4) is 0 Å². The van der Waals surface area contributed by atoms with Crippen molar-refractivity contribution in [2.45, 2.75) is 83.3 Å². The van der Waals surface area contributed by atoms with Crippen LogP contribution >= 0.6 is 0 Å². The maximum absolute atomic E-state index is 12.6. The lowest BCUT2D eigenvalue weighted by atomic mass is 9.90. The standard InChI is InChI=1S/C19H31NO2S/c1-3-5-7-9-11-16(10-8-6-4-2)14-17-15-18-19(12-13-20-18)23(17,21)22/h12-13,15-17H,3-11,14H2,1-2H3. The van der Waals surface area contributed by atoms with Crippen LogP contribution in [0.2, 0.25) is 0 Å². The molecule has 0 saturated carbocycles. The third kappa shape index (κ3) is 4.79. The first kappa shape index (κ1) is 18.4. The fraction of sp³-hybridized carbons (Fsp3) is 0.737. The molecule has 4 heteroatoms. The molecular weight excluding hydrogens is 306 g/mol. The number of unbranched alkanes of at least 4 members (excludes halogenated alkanes) is 5. The lowest BCUT2D eigenvalue weighted by Gasteiger charge is -2.20. The molecule has 2 aliphatic rings. The van der Waals surface area contributed by atoms with Crippen LogP contribution < -0.4 is 0 Å². The van der Waals surface area contributed by atoms with Gasteiger partial charge >= 0.3 is 0 Å². The van der Waals surface area contributed by atoms with Gasteiger partial charge in [-0.25, -0.2) is 8.42 Å². The third-order valence-electron chi connectivity index (χ3n) is 4.99. The molecule has 0 spiro atoms. The molecule has 0 aromatic rings. The van der Waals surface area contributed by atoms with Gasteiger partial charge in [0.2, 0.25) is 0 Å². The molecular formula is C19H31NO2S. The van der Waals surface area contributed by atoms with E-state index in [0.29, 0.717) is 16.5 Å². The second-order valence-corrected chi connectivity index (χ2v) is 9.03. The minimum absolute atomic E-state index is 0.348. The summed E-state index contributed by atoms with van der Waals surface area (Å²) in [5.41, 5.74) is 0.674. The summed E-state index contributed by atoms with van der Waals surface area (Å²) in [6, 6.07) is 0. The largest absolute Gasteiger partial charge is 0.256 e. The molecule has 2 aliphatic heterocycles. The zero-order valence-electron chi connectivity index (χ0n) is 14.6. The smallest absolute Gasteiger partial charge is 0.187 e. The summed E-state index contributed by atoms with van der Waals surface area (Å²) in [6.07, 6.45) is 17.0. The lowest BCUT2D eigenvalue weighted by molar-refractivity contribution is 0.386. The van der Waals surface area contributed by atoms with Crippen molar-refractivity contribution in [1.29, 1.82) is 0 Å². The molecule has 0 radical (unpaired) electrons. The van der Waals surface area contributed by atoms with Crippen molar-refractivity contribution >= 4 is 16.1 Å². The van der Waals surface area contributed by atoms with Crippen molar-refractivity contribution in [3.63, 3.8) is 0 Å². The molecule has 3 nitrogen and oxygen atoms in total. The van der Waals surface area contributed by atoms with E-state index >= 15 is 0 Å². The number of rotatable bonds is 11. The van der Waals surface area contributed by atoms with E-state index in [0.717, 1.165) is 12.8 Å². The van der Waals surface area contributed by atoms with Gasteiger partial charge in [-0.15, -0.1) is 0 Å². The van der Waals surface area contributed by atoms with Crippen molar-refractivity contribution in [3.05, 3.63) is 22.8 Å². The van der Waals surface area contributed by atoms with Gasteiger partial charge in [-0.2, -0.15) is 0 Å². The Morgan fingerprint density at radius 2 is 1.70 bits per heavy atom. The summed E-state index contributed by atoms with van der Waals surface area (Å²) in [5, 5.41) is -0.348. The SMILES string of the molecule is CCCCCCC(CCCCC)CC1C=C2N=CC=C2S1(=O)=O. The summed E-state index contributed by atoms with van der Waals surface area (Å²) in [7, 11) is -3.18. The number of sulfone groups is 1. The number of hydrogen-bond acceptors (Lipinski definition) is 3. The topological polar surface area (TPSA) is 46.5 Å². The monoisotopic (exact) mass is 337 g/mol. The van der Waals surface area contributed by atoms with E-state index in [1.165, 1.54) is 51.4 Å². The first-order chi connectivity index (χ1) is 11.1. The van der Waals surface area contributed by atoms with Crippen molar-refractivity contribution in [2.75, 3.05) is 0 Å². The van der Waals surface area contributed by atoms with Gasteiger partial charge in [-0.1, -0.05) is 71.6 Å². The minimum atomic E-state index is -3.18. The van der Waals surface area contributed by atoms with Crippen LogP contribution in [0.4, 0.5) is 0 Å². The predicted octanol–water partition coefficient (Wildman–Crippen LogP) is 5.19. The Balaban J connectivity index is 1.94. The van der Waals surface area contributed by atoms with E-state index < -0.39 is 9.84 Å². The highest BCUT2D eigenvalue weighted by Gasteiger charge is 2.38. The van der Waals surface area contributed by atoms with E-state index in [4.69, 9.17) is 0 Å². The van der Waals surface area contributed by atoms with Crippen LogP contribution in [0.15, 0.2) is 27.7 Å². The molecule has 0 N–H and O–H groups in total. The molecule has 2 atom stereocenters. The van der Waals surface area contributed by atoms with E-state index in [-0.39, 0.29) is 5.25 Å². The molecule has 0 aromatic carbocycles.